The topological polar surface area (TPSA) is 46.2 Å². The highest BCUT2D eigenvalue weighted by Crippen LogP contribution is 2.10. The van der Waals surface area contributed by atoms with Crippen molar-refractivity contribution in [2.45, 2.75) is 32.7 Å². The molecule has 92 valence electrons. The van der Waals surface area contributed by atoms with Gasteiger partial charge in [0.15, 0.2) is 5.78 Å². The van der Waals surface area contributed by atoms with E-state index in [-0.39, 0.29) is 11.7 Å². The molecular weight excluding hydrogens is 282 g/mol. The first-order valence-electron chi connectivity index (χ1n) is 5.59. The van der Waals surface area contributed by atoms with Crippen molar-refractivity contribution in [3.8, 4) is 0 Å². The normalized spacial score (nSPS) is 11.9. The van der Waals surface area contributed by atoms with Gasteiger partial charge in [-0.05, 0) is 24.6 Å². The van der Waals surface area contributed by atoms with Crippen LogP contribution in [0.1, 0.15) is 25.8 Å². The summed E-state index contributed by atoms with van der Waals surface area (Å²) in [5.41, 5.74) is 0.932. The molecule has 0 saturated carbocycles. The summed E-state index contributed by atoms with van der Waals surface area (Å²) in [5, 5.41) is 2.69. The number of hydrogen-bond donors (Lipinski definition) is 1. The van der Waals surface area contributed by atoms with Gasteiger partial charge >= 0.3 is 0 Å². The van der Waals surface area contributed by atoms with Crippen molar-refractivity contribution >= 4 is 27.6 Å². The van der Waals surface area contributed by atoms with Crippen molar-refractivity contribution in [1.82, 2.24) is 5.32 Å². The van der Waals surface area contributed by atoms with E-state index >= 15 is 0 Å². The third-order valence-corrected chi connectivity index (χ3v) is 3.02. The van der Waals surface area contributed by atoms with E-state index in [1.807, 2.05) is 24.3 Å². The van der Waals surface area contributed by atoms with Gasteiger partial charge in [0.1, 0.15) is 0 Å². The first-order chi connectivity index (χ1) is 8.02. The van der Waals surface area contributed by atoms with Gasteiger partial charge in [-0.1, -0.05) is 35.0 Å². The summed E-state index contributed by atoms with van der Waals surface area (Å²) >= 11 is 3.34. The Morgan fingerprint density at radius 3 is 2.41 bits per heavy atom. The Hall–Kier alpha value is -1.16. The summed E-state index contributed by atoms with van der Waals surface area (Å²) in [5.74, 6) is -0.0734. The maximum atomic E-state index is 11.7. The molecular formula is C13H16BrNO2. The molecule has 0 fully saturated rings. The monoisotopic (exact) mass is 297 g/mol. The molecule has 1 N–H and O–H groups in total. The molecule has 3 nitrogen and oxygen atoms in total. The Bertz CT molecular complexity index is 400. The molecule has 0 bridgehead atoms. The number of amides is 1. The molecule has 1 aromatic rings. The zero-order chi connectivity index (χ0) is 12.8. The van der Waals surface area contributed by atoms with Gasteiger partial charge in [-0.3, -0.25) is 9.59 Å². The Kier molecular flexibility index (Phi) is 5.35. The van der Waals surface area contributed by atoms with Gasteiger partial charge in [-0.2, -0.15) is 0 Å². The maximum Gasteiger partial charge on any atom is 0.224 e. The zero-order valence-corrected chi connectivity index (χ0v) is 11.6. The van der Waals surface area contributed by atoms with Crippen LogP contribution < -0.4 is 5.32 Å². The van der Waals surface area contributed by atoms with Crippen LogP contribution in [-0.4, -0.2) is 17.7 Å². The lowest BCUT2D eigenvalue weighted by Gasteiger charge is -2.11. The van der Waals surface area contributed by atoms with Gasteiger partial charge < -0.3 is 5.32 Å². The summed E-state index contributed by atoms with van der Waals surface area (Å²) in [6, 6.07) is 7.15. The molecule has 1 unspecified atom stereocenters. The number of halogens is 1. The van der Waals surface area contributed by atoms with Crippen molar-refractivity contribution < 1.29 is 9.59 Å². The van der Waals surface area contributed by atoms with Crippen LogP contribution in [0.2, 0.25) is 0 Å². The maximum absolute atomic E-state index is 11.7. The van der Waals surface area contributed by atoms with Crippen LogP contribution in [0.5, 0.6) is 0 Å². The number of ketones is 1. The Labute approximate surface area is 110 Å². The van der Waals surface area contributed by atoms with Gasteiger partial charge in [0, 0.05) is 10.9 Å². The molecule has 0 spiro atoms. The van der Waals surface area contributed by atoms with E-state index in [0.29, 0.717) is 12.8 Å². The van der Waals surface area contributed by atoms with Gasteiger partial charge in [-0.15, -0.1) is 0 Å². The van der Waals surface area contributed by atoms with Crippen LogP contribution in [0, 0.1) is 0 Å². The number of Topliss-reactive ketones (excluding diaryl/α,β-unsaturated/α-hetero) is 1. The summed E-state index contributed by atoms with van der Waals surface area (Å²) in [6.07, 6.45) is 0.744. The predicted molar refractivity (Wildman–Crippen MR) is 70.7 cm³/mol. The Morgan fingerprint density at radius 2 is 1.88 bits per heavy atom. The highest BCUT2D eigenvalue weighted by molar-refractivity contribution is 9.10. The van der Waals surface area contributed by atoms with E-state index in [1.165, 1.54) is 0 Å². The lowest BCUT2D eigenvalue weighted by atomic mass is 10.1. The lowest BCUT2D eigenvalue weighted by molar-refractivity contribution is -0.126. The second kappa shape index (κ2) is 6.55. The van der Waals surface area contributed by atoms with Crippen molar-refractivity contribution in [3.63, 3.8) is 0 Å². The first-order valence-corrected chi connectivity index (χ1v) is 6.38. The molecule has 1 rings (SSSR count). The average molecular weight is 298 g/mol. The third kappa shape index (κ3) is 4.69. The van der Waals surface area contributed by atoms with E-state index < -0.39 is 6.04 Å². The van der Waals surface area contributed by atoms with Gasteiger partial charge in [-0.25, -0.2) is 0 Å². The Balaban J connectivity index is 2.50. The van der Waals surface area contributed by atoms with E-state index in [0.717, 1.165) is 10.0 Å². The fourth-order valence-corrected chi connectivity index (χ4v) is 1.73. The summed E-state index contributed by atoms with van der Waals surface area (Å²) in [4.78, 5) is 23.0. The molecule has 0 saturated heterocycles. The van der Waals surface area contributed by atoms with Crippen molar-refractivity contribution in [3.05, 3.63) is 34.3 Å². The molecule has 0 aliphatic carbocycles. The molecule has 4 heteroatoms. The molecule has 0 radical (unpaired) electrons. The van der Waals surface area contributed by atoms with Crippen LogP contribution >= 0.6 is 15.9 Å². The Morgan fingerprint density at radius 1 is 1.29 bits per heavy atom. The van der Waals surface area contributed by atoms with E-state index in [4.69, 9.17) is 0 Å². The minimum absolute atomic E-state index is 0.0501. The van der Waals surface area contributed by atoms with Crippen LogP contribution in [0.4, 0.5) is 0 Å². The van der Waals surface area contributed by atoms with Crippen molar-refractivity contribution in [2.24, 2.45) is 0 Å². The fourth-order valence-electron chi connectivity index (χ4n) is 1.47. The van der Waals surface area contributed by atoms with Gasteiger partial charge in [0.25, 0.3) is 0 Å². The van der Waals surface area contributed by atoms with Crippen LogP contribution in [0.3, 0.4) is 0 Å². The molecule has 1 aromatic carbocycles. The molecule has 0 heterocycles. The minimum Gasteiger partial charge on any atom is -0.346 e. The minimum atomic E-state index is -0.400. The van der Waals surface area contributed by atoms with E-state index in [9.17, 15) is 9.59 Å². The number of rotatable bonds is 5. The highest BCUT2D eigenvalue weighted by Gasteiger charge is 2.13. The molecule has 17 heavy (non-hydrogen) atoms. The van der Waals surface area contributed by atoms with Crippen molar-refractivity contribution in [1.29, 1.82) is 0 Å². The second-order valence-corrected chi connectivity index (χ2v) is 4.83. The molecule has 1 atom stereocenters. The lowest BCUT2D eigenvalue weighted by Crippen LogP contribution is -2.39. The van der Waals surface area contributed by atoms with Crippen LogP contribution in [0.25, 0.3) is 0 Å². The van der Waals surface area contributed by atoms with Gasteiger partial charge in [0.05, 0.1) is 12.5 Å². The molecule has 0 aliphatic rings. The molecule has 1 amide bonds. The number of carbonyl (C=O) groups is 2. The van der Waals surface area contributed by atoms with Gasteiger partial charge in [0.2, 0.25) is 5.91 Å². The number of benzene rings is 1. The van der Waals surface area contributed by atoms with Crippen LogP contribution in [-0.2, 0) is 16.0 Å². The first kappa shape index (κ1) is 13.9. The number of carbonyl (C=O) groups excluding carboxylic acids is 2. The summed E-state index contributed by atoms with van der Waals surface area (Å²) in [6.45, 7) is 3.50. The SMILES string of the molecule is CCC(=O)C(C)NC(=O)Cc1ccc(Br)cc1. The van der Waals surface area contributed by atoms with E-state index in [2.05, 4.69) is 21.2 Å². The molecule has 0 aliphatic heterocycles. The van der Waals surface area contributed by atoms with E-state index in [1.54, 1.807) is 13.8 Å². The standard InChI is InChI=1S/C13H16BrNO2/c1-3-12(16)9(2)15-13(17)8-10-4-6-11(14)7-5-10/h4-7,9H,3,8H2,1-2H3,(H,15,17). The highest BCUT2D eigenvalue weighted by atomic mass is 79.9. The predicted octanol–water partition coefficient (Wildman–Crippen LogP) is 2.48. The second-order valence-electron chi connectivity index (χ2n) is 3.91. The smallest absolute Gasteiger partial charge is 0.224 e. The third-order valence-electron chi connectivity index (χ3n) is 2.49. The average Bonchev–Trinajstić information content (AvgIpc) is 2.30. The molecule has 0 aromatic heterocycles. The fraction of sp³-hybridized carbons (Fsp3) is 0.385. The summed E-state index contributed by atoms with van der Waals surface area (Å²) in [7, 11) is 0. The summed E-state index contributed by atoms with van der Waals surface area (Å²) < 4.78 is 0.983. The van der Waals surface area contributed by atoms with Crippen LogP contribution in [0.15, 0.2) is 28.7 Å². The number of nitrogens with one attached hydrogen (secondary N) is 1. The zero-order valence-electron chi connectivity index (χ0n) is 10.00. The quantitative estimate of drug-likeness (QED) is 0.907. The van der Waals surface area contributed by atoms with Crippen molar-refractivity contribution in [2.75, 3.05) is 0 Å². The number of hydrogen-bond acceptors (Lipinski definition) is 2. The largest absolute Gasteiger partial charge is 0.346 e.